The molecule has 4 saturated carbocycles. The van der Waals surface area contributed by atoms with E-state index in [0.29, 0.717) is 29.6 Å². The predicted octanol–water partition coefficient (Wildman–Crippen LogP) is 4.09. The van der Waals surface area contributed by atoms with Crippen molar-refractivity contribution in [3.05, 3.63) is 24.3 Å². The summed E-state index contributed by atoms with van der Waals surface area (Å²) in [5, 5.41) is 5.42. The van der Waals surface area contributed by atoms with E-state index in [1.807, 2.05) is 0 Å². The quantitative estimate of drug-likeness (QED) is 0.557. The first-order chi connectivity index (χ1) is 13.7. The Labute approximate surface area is 175 Å². The second kappa shape index (κ2) is 7.31. The number of carbonyl (C=O) groups excluding carboxylic acids is 3. The number of rotatable bonds is 5. The number of esters is 1. The number of hydrogen-bond acceptors (Lipinski definition) is 4. The molecule has 2 N–H and O–H groups in total. The van der Waals surface area contributed by atoms with Gasteiger partial charge >= 0.3 is 5.97 Å². The highest BCUT2D eigenvalue weighted by atomic mass is 35.5. The van der Waals surface area contributed by atoms with E-state index in [4.69, 9.17) is 16.3 Å². The van der Waals surface area contributed by atoms with Crippen molar-refractivity contribution < 1.29 is 19.1 Å². The van der Waals surface area contributed by atoms with Crippen LogP contribution >= 0.6 is 11.6 Å². The number of hydrogen-bond donors (Lipinski definition) is 2. The molecule has 4 bridgehead atoms. The molecule has 4 aliphatic rings. The van der Waals surface area contributed by atoms with Crippen LogP contribution in [0.5, 0.6) is 0 Å². The first-order valence-corrected chi connectivity index (χ1v) is 10.6. The van der Waals surface area contributed by atoms with Crippen molar-refractivity contribution >= 4 is 40.8 Å². The maximum atomic E-state index is 13.1. The number of ether oxygens (including phenoxy) is 1. The molecule has 0 unspecified atom stereocenters. The zero-order chi connectivity index (χ0) is 20.8. The summed E-state index contributed by atoms with van der Waals surface area (Å²) in [5.74, 6) is 0.169. The van der Waals surface area contributed by atoms with E-state index >= 15 is 0 Å². The average molecular weight is 419 g/mol. The standard InChI is InChI=1S/C22H27ClN2O4/c1-13(19(27)25-18-5-3-17(4-6-18)24-14(2)26)29-20(28)21-8-15-7-16(9-21)11-22(23,10-15)12-21/h3-6,13,15-16H,7-12H2,1-2H3,(H,24,26)(H,25,27)/t13-,15+,16+,21?,22?/m0/s1. The fourth-order valence-corrected chi connectivity index (χ4v) is 6.50. The number of carbonyl (C=O) groups is 3. The van der Waals surface area contributed by atoms with Crippen LogP contribution < -0.4 is 10.6 Å². The molecule has 156 valence electrons. The van der Waals surface area contributed by atoms with Crippen molar-refractivity contribution in [2.75, 3.05) is 10.6 Å². The molecule has 29 heavy (non-hydrogen) atoms. The molecule has 0 aliphatic heterocycles. The third kappa shape index (κ3) is 4.13. The van der Waals surface area contributed by atoms with Gasteiger partial charge in [0.15, 0.2) is 6.10 Å². The van der Waals surface area contributed by atoms with Gasteiger partial charge in [0.2, 0.25) is 5.91 Å². The molecule has 6 nitrogen and oxygen atoms in total. The lowest BCUT2D eigenvalue weighted by Crippen LogP contribution is -2.57. The van der Waals surface area contributed by atoms with E-state index in [9.17, 15) is 14.4 Å². The van der Waals surface area contributed by atoms with E-state index < -0.39 is 11.5 Å². The Morgan fingerprint density at radius 3 is 2.10 bits per heavy atom. The minimum absolute atomic E-state index is 0.161. The molecule has 2 amide bonds. The number of halogens is 1. The SMILES string of the molecule is CC(=O)Nc1ccc(NC(=O)[C@H](C)OC(=O)C23C[C@H]4C[C@@H](CC(Cl)(C4)C2)C3)cc1. The third-order valence-electron chi connectivity index (χ3n) is 6.55. The molecule has 0 aromatic heterocycles. The number of benzene rings is 1. The van der Waals surface area contributed by atoms with Crippen LogP contribution in [0.25, 0.3) is 0 Å². The van der Waals surface area contributed by atoms with Crippen molar-refractivity contribution in [2.24, 2.45) is 17.3 Å². The van der Waals surface area contributed by atoms with Crippen molar-refractivity contribution in [3.63, 3.8) is 0 Å². The number of amides is 2. The molecule has 4 fully saturated rings. The van der Waals surface area contributed by atoms with Gasteiger partial charge in [0.25, 0.3) is 5.91 Å². The van der Waals surface area contributed by atoms with Crippen LogP contribution in [0.15, 0.2) is 24.3 Å². The first-order valence-electron chi connectivity index (χ1n) is 10.2. The van der Waals surface area contributed by atoms with E-state index in [1.54, 1.807) is 31.2 Å². The summed E-state index contributed by atoms with van der Waals surface area (Å²) < 4.78 is 5.62. The highest BCUT2D eigenvalue weighted by Gasteiger charge is 2.61. The van der Waals surface area contributed by atoms with Crippen molar-refractivity contribution in [2.45, 2.75) is 63.4 Å². The summed E-state index contributed by atoms with van der Waals surface area (Å²) in [6, 6.07) is 6.77. The Hall–Kier alpha value is -2.08. The summed E-state index contributed by atoms with van der Waals surface area (Å²) in [5.41, 5.74) is 0.689. The molecule has 0 radical (unpaired) electrons. The molecule has 3 atom stereocenters. The lowest BCUT2D eigenvalue weighted by Gasteiger charge is -2.58. The summed E-state index contributed by atoms with van der Waals surface area (Å²) in [6.07, 6.45) is 4.57. The minimum atomic E-state index is -0.892. The van der Waals surface area contributed by atoms with E-state index in [-0.39, 0.29) is 22.7 Å². The van der Waals surface area contributed by atoms with Gasteiger partial charge in [-0.1, -0.05) is 0 Å². The molecule has 0 heterocycles. The zero-order valence-corrected chi connectivity index (χ0v) is 17.6. The van der Waals surface area contributed by atoms with Crippen LogP contribution in [0.4, 0.5) is 11.4 Å². The van der Waals surface area contributed by atoms with Gasteiger partial charge in [0, 0.05) is 23.2 Å². The van der Waals surface area contributed by atoms with Crippen LogP contribution in [0, 0.1) is 17.3 Å². The molecular formula is C22H27ClN2O4. The molecule has 4 aliphatic carbocycles. The summed E-state index contributed by atoms with van der Waals surface area (Å²) in [6.45, 7) is 3.03. The average Bonchev–Trinajstić information content (AvgIpc) is 2.60. The second-order valence-electron chi connectivity index (χ2n) is 9.19. The fraction of sp³-hybridized carbons (Fsp3) is 0.591. The topological polar surface area (TPSA) is 84.5 Å². The van der Waals surface area contributed by atoms with E-state index in [0.717, 1.165) is 32.1 Å². The van der Waals surface area contributed by atoms with Gasteiger partial charge in [0.1, 0.15) is 0 Å². The lowest BCUT2D eigenvalue weighted by atomic mass is 9.49. The van der Waals surface area contributed by atoms with E-state index in [2.05, 4.69) is 10.6 Å². The normalized spacial score (nSPS) is 33.1. The van der Waals surface area contributed by atoms with Gasteiger partial charge in [-0.05, 0) is 81.5 Å². The Kier molecular flexibility index (Phi) is 5.09. The van der Waals surface area contributed by atoms with Crippen LogP contribution in [0.3, 0.4) is 0 Å². The van der Waals surface area contributed by atoms with Gasteiger partial charge in [-0.2, -0.15) is 0 Å². The first kappa shape index (κ1) is 20.2. The second-order valence-corrected chi connectivity index (χ2v) is 9.99. The maximum absolute atomic E-state index is 13.1. The summed E-state index contributed by atoms with van der Waals surface area (Å²) in [7, 11) is 0. The van der Waals surface area contributed by atoms with Crippen molar-refractivity contribution in [1.29, 1.82) is 0 Å². The van der Waals surface area contributed by atoms with Gasteiger partial charge in [-0.3, -0.25) is 14.4 Å². The zero-order valence-electron chi connectivity index (χ0n) is 16.8. The molecule has 5 rings (SSSR count). The Balaban J connectivity index is 1.36. The van der Waals surface area contributed by atoms with Gasteiger partial charge in [0.05, 0.1) is 5.41 Å². The molecule has 1 aromatic rings. The Morgan fingerprint density at radius 2 is 1.59 bits per heavy atom. The number of nitrogens with one attached hydrogen (secondary N) is 2. The smallest absolute Gasteiger partial charge is 0.312 e. The van der Waals surface area contributed by atoms with Crippen molar-refractivity contribution in [1.82, 2.24) is 0 Å². The van der Waals surface area contributed by atoms with Gasteiger partial charge in [-0.15, -0.1) is 11.6 Å². The monoisotopic (exact) mass is 418 g/mol. The molecule has 1 aromatic carbocycles. The highest BCUT2D eigenvalue weighted by molar-refractivity contribution is 6.24. The highest BCUT2D eigenvalue weighted by Crippen LogP contribution is 2.64. The summed E-state index contributed by atoms with van der Waals surface area (Å²) in [4.78, 5) is 36.4. The Bertz CT molecular complexity index is 824. The van der Waals surface area contributed by atoms with Crippen LogP contribution in [-0.2, 0) is 19.1 Å². The number of alkyl halides is 1. The fourth-order valence-electron chi connectivity index (χ4n) is 5.81. The van der Waals surface area contributed by atoms with Gasteiger partial charge in [-0.25, -0.2) is 0 Å². The van der Waals surface area contributed by atoms with Gasteiger partial charge < -0.3 is 15.4 Å². The maximum Gasteiger partial charge on any atom is 0.312 e. The lowest BCUT2D eigenvalue weighted by molar-refractivity contribution is -0.176. The summed E-state index contributed by atoms with van der Waals surface area (Å²) >= 11 is 6.80. The predicted molar refractivity (Wildman–Crippen MR) is 111 cm³/mol. The minimum Gasteiger partial charge on any atom is -0.452 e. The third-order valence-corrected chi connectivity index (χ3v) is 6.99. The van der Waals surface area contributed by atoms with Crippen LogP contribution in [0.1, 0.15) is 52.4 Å². The molecule has 7 heteroatoms. The molecular weight excluding hydrogens is 392 g/mol. The Morgan fingerprint density at radius 1 is 1.03 bits per heavy atom. The molecule has 0 saturated heterocycles. The largest absolute Gasteiger partial charge is 0.452 e. The van der Waals surface area contributed by atoms with E-state index in [1.165, 1.54) is 6.92 Å². The van der Waals surface area contributed by atoms with Crippen molar-refractivity contribution in [3.8, 4) is 0 Å². The number of anilines is 2. The van der Waals surface area contributed by atoms with Crippen LogP contribution in [-0.4, -0.2) is 28.8 Å². The van der Waals surface area contributed by atoms with Crippen LogP contribution in [0.2, 0.25) is 0 Å². The molecule has 0 spiro atoms.